The SMILES string of the molecule is CN(N)C(=O)c1c(NC(=O)c2cc(Br)cn2-c2ncccc2Cl)ccc(Br)c1Br. The first-order chi connectivity index (χ1) is 13.7. The molecule has 0 spiro atoms. The lowest BCUT2D eigenvalue weighted by Gasteiger charge is -2.17. The van der Waals surface area contributed by atoms with Gasteiger partial charge in [0.05, 0.1) is 16.3 Å². The second kappa shape index (κ2) is 8.97. The van der Waals surface area contributed by atoms with E-state index in [1.807, 2.05) is 0 Å². The van der Waals surface area contributed by atoms with E-state index in [1.165, 1.54) is 7.05 Å². The summed E-state index contributed by atoms with van der Waals surface area (Å²) >= 11 is 16.3. The maximum atomic E-state index is 13.1. The maximum Gasteiger partial charge on any atom is 0.272 e. The summed E-state index contributed by atoms with van der Waals surface area (Å²) in [6.45, 7) is 0. The van der Waals surface area contributed by atoms with Crippen molar-refractivity contribution >= 4 is 76.9 Å². The lowest BCUT2D eigenvalue weighted by atomic mass is 10.1. The molecule has 7 nitrogen and oxygen atoms in total. The number of halogens is 4. The normalized spacial score (nSPS) is 10.7. The largest absolute Gasteiger partial charge is 0.320 e. The van der Waals surface area contributed by atoms with Gasteiger partial charge in [0.1, 0.15) is 5.69 Å². The van der Waals surface area contributed by atoms with Gasteiger partial charge in [-0.15, -0.1) is 0 Å². The fourth-order valence-corrected chi connectivity index (χ4v) is 4.04. The lowest BCUT2D eigenvalue weighted by Crippen LogP contribution is -2.34. The first-order valence-electron chi connectivity index (χ1n) is 8.01. The Hall–Kier alpha value is -1.72. The maximum absolute atomic E-state index is 13.1. The van der Waals surface area contributed by atoms with Crippen molar-refractivity contribution in [2.75, 3.05) is 12.4 Å². The highest BCUT2D eigenvalue weighted by Gasteiger charge is 2.23. The van der Waals surface area contributed by atoms with Gasteiger partial charge in [-0.25, -0.2) is 10.8 Å². The molecule has 0 aliphatic rings. The van der Waals surface area contributed by atoms with Crippen LogP contribution in [0.15, 0.2) is 56.1 Å². The van der Waals surface area contributed by atoms with Crippen molar-refractivity contribution in [1.82, 2.24) is 14.6 Å². The van der Waals surface area contributed by atoms with Crippen LogP contribution < -0.4 is 11.2 Å². The zero-order valence-corrected chi connectivity index (χ0v) is 20.3. The number of aromatic nitrogens is 2. The van der Waals surface area contributed by atoms with E-state index in [0.29, 0.717) is 29.9 Å². The molecule has 0 saturated carbocycles. The van der Waals surface area contributed by atoms with Crippen LogP contribution in [0.3, 0.4) is 0 Å². The van der Waals surface area contributed by atoms with Crippen LogP contribution in [0.25, 0.3) is 5.82 Å². The van der Waals surface area contributed by atoms with Crippen LogP contribution in [-0.2, 0) is 0 Å². The summed E-state index contributed by atoms with van der Waals surface area (Å²) in [5.74, 6) is 5.09. The van der Waals surface area contributed by atoms with E-state index in [4.69, 9.17) is 17.4 Å². The summed E-state index contributed by atoms with van der Waals surface area (Å²) in [5.41, 5.74) is 0.783. The van der Waals surface area contributed by atoms with Crippen LogP contribution in [0, 0.1) is 0 Å². The third-order valence-electron chi connectivity index (χ3n) is 3.86. The molecule has 2 heterocycles. The number of benzene rings is 1. The number of hydrogen-bond donors (Lipinski definition) is 2. The number of nitrogens with one attached hydrogen (secondary N) is 1. The van der Waals surface area contributed by atoms with E-state index in [-0.39, 0.29) is 11.3 Å². The van der Waals surface area contributed by atoms with Gasteiger partial charge in [0.2, 0.25) is 0 Å². The molecule has 11 heteroatoms. The summed E-state index contributed by atoms with van der Waals surface area (Å²) < 4.78 is 3.35. The molecular weight excluding hydrogens is 593 g/mol. The predicted octanol–water partition coefficient (Wildman–Crippen LogP) is 5.01. The molecular formula is C18H13Br3ClN5O2. The summed E-state index contributed by atoms with van der Waals surface area (Å²) in [6, 6.07) is 8.33. The third-order valence-corrected chi connectivity index (χ3v) is 6.61. The van der Waals surface area contributed by atoms with Crippen LogP contribution in [0.5, 0.6) is 0 Å². The molecule has 1 aromatic carbocycles. The molecule has 0 bridgehead atoms. The van der Waals surface area contributed by atoms with Gasteiger partial charge < -0.3 is 5.32 Å². The van der Waals surface area contributed by atoms with Crippen LogP contribution in [0.1, 0.15) is 20.8 Å². The van der Waals surface area contributed by atoms with E-state index in [1.54, 1.807) is 47.3 Å². The number of rotatable bonds is 4. The Morgan fingerprint density at radius 1 is 1.24 bits per heavy atom. The number of carbonyl (C=O) groups is 2. The van der Waals surface area contributed by atoms with Crippen LogP contribution in [0.2, 0.25) is 5.02 Å². The average Bonchev–Trinajstić information content (AvgIpc) is 3.06. The Morgan fingerprint density at radius 3 is 2.62 bits per heavy atom. The summed E-state index contributed by atoms with van der Waals surface area (Å²) in [6.07, 6.45) is 3.26. The van der Waals surface area contributed by atoms with Crippen LogP contribution in [0.4, 0.5) is 5.69 Å². The first kappa shape index (κ1) is 22.0. The molecule has 2 amide bonds. The van der Waals surface area contributed by atoms with Crippen LogP contribution >= 0.6 is 59.4 Å². The fraction of sp³-hybridized carbons (Fsp3) is 0.0556. The molecule has 2 aromatic heterocycles. The number of pyridine rings is 1. The molecule has 0 fully saturated rings. The zero-order chi connectivity index (χ0) is 21.3. The second-order valence-electron chi connectivity index (χ2n) is 5.88. The van der Waals surface area contributed by atoms with Crippen molar-refractivity contribution < 1.29 is 9.59 Å². The van der Waals surface area contributed by atoms with Crippen molar-refractivity contribution in [2.45, 2.75) is 0 Å². The molecule has 0 saturated heterocycles. The minimum atomic E-state index is -0.474. The number of carbonyl (C=O) groups excluding carboxylic acids is 2. The van der Waals surface area contributed by atoms with Gasteiger partial charge >= 0.3 is 0 Å². The minimum absolute atomic E-state index is 0.214. The van der Waals surface area contributed by atoms with Gasteiger partial charge in [0, 0.05) is 32.9 Å². The zero-order valence-electron chi connectivity index (χ0n) is 14.8. The minimum Gasteiger partial charge on any atom is -0.320 e. The van der Waals surface area contributed by atoms with E-state index in [0.717, 1.165) is 5.01 Å². The lowest BCUT2D eigenvalue weighted by molar-refractivity contribution is 0.0795. The quantitative estimate of drug-likeness (QED) is 0.248. The Morgan fingerprint density at radius 2 is 1.97 bits per heavy atom. The molecule has 3 N–H and O–H groups in total. The van der Waals surface area contributed by atoms with Crippen LogP contribution in [-0.4, -0.2) is 33.4 Å². The van der Waals surface area contributed by atoms with E-state index in [2.05, 4.69) is 58.1 Å². The molecule has 0 radical (unpaired) electrons. The number of hydrazine groups is 1. The Kier molecular flexibility index (Phi) is 6.79. The number of nitrogens with two attached hydrogens (primary N) is 1. The van der Waals surface area contributed by atoms with Crippen molar-refractivity contribution in [2.24, 2.45) is 5.84 Å². The number of anilines is 1. The van der Waals surface area contributed by atoms with Crippen molar-refractivity contribution in [1.29, 1.82) is 0 Å². The molecule has 3 rings (SSSR count). The van der Waals surface area contributed by atoms with Gasteiger partial charge in [-0.05, 0) is 78.1 Å². The Labute approximate surface area is 196 Å². The number of hydrogen-bond acceptors (Lipinski definition) is 4. The standard InChI is InChI=1S/C18H13Br3ClN5O2/c1-26(23)18(29)14-12(5-4-10(20)15(14)21)25-17(28)13-7-9(19)8-27(13)16-11(22)3-2-6-24-16/h2-8H,23H2,1H3,(H,25,28). The summed E-state index contributed by atoms with van der Waals surface area (Å²) in [5, 5.41) is 4.09. The predicted molar refractivity (Wildman–Crippen MR) is 122 cm³/mol. The molecule has 0 unspecified atom stereocenters. The first-order valence-corrected chi connectivity index (χ1v) is 10.8. The smallest absolute Gasteiger partial charge is 0.272 e. The monoisotopic (exact) mass is 603 g/mol. The second-order valence-corrected chi connectivity index (χ2v) is 8.85. The molecule has 0 aliphatic carbocycles. The molecule has 3 aromatic rings. The highest BCUT2D eigenvalue weighted by atomic mass is 79.9. The van der Waals surface area contributed by atoms with Crippen molar-refractivity contribution in [3.8, 4) is 5.82 Å². The van der Waals surface area contributed by atoms with E-state index in [9.17, 15) is 9.59 Å². The van der Waals surface area contributed by atoms with Crippen molar-refractivity contribution in [3.63, 3.8) is 0 Å². The van der Waals surface area contributed by atoms with Gasteiger partial charge in [0.25, 0.3) is 11.8 Å². The molecule has 0 aliphatic heterocycles. The molecule has 0 atom stereocenters. The topological polar surface area (TPSA) is 93.3 Å². The van der Waals surface area contributed by atoms with Gasteiger partial charge in [0.15, 0.2) is 5.82 Å². The number of amides is 2. The Bertz CT molecular complexity index is 1120. The highest BCUT2D eigenvalue weighted by molar-refractivity contribution is 9.13. The van der Waals surface area contributed by atoms with Crippen molar-refractivity contribution in [3.05, 3.63) is 72.4 Å². The third kappa shape index (κ3) is 4.56. The average molecular weight is 606 g/mol. The molecule has 150 valence electrons. The highest BCUT2D eigenvalue weighted by Crippen LogP contribution is 2.33. The van der Waals surface area contributed by atoms with E-state index >= 15 is 0 Å². The summed E-state index contributed by atoms with van der Waals surface area (Å²) in [4.78, 5) is 29.9. The van der Waals surface area contributed by atoms with Gasteiger partial charge in [-0.3, -0.25) is 19.2 Å². The van der Waals surface area contributed by atoms with Gasteiger partial charge in [-0.1, -0.05) is 11.6 Å². The number of nitrogens with zero attached hydrogens (tertiary/aromatic N) is 3. The fourth-order valence-electron chi connectivity index (χ4n) is 2.56. The van der Waals surface area contributed by atoms with E-state index < -0.39 is 11.8 Å². The van der Waals surface area contributed by atoms with Gasteiger partial charge in [-0.2, -0.15) is 0 Å². The summed E-state index contributed by atoms with van der Waals surface area (Å²) in [7, 11) is 1.42. The Balaban J connectivity index is 2.04. The molecule has 29 heavy (non-hydrogen) atoms.